The first kappa shape index (κ1) is 17.1. The number of piperidine rings is 1. The van der Waals surface area contributed by atoms with Gasteiger partial charge in [0.15, 0.2) is 0 Å². The summed E-state index contributed by atoms with van der Waals surface area (Å²) in [5.41, 5.74) is 0.870. The number of anilines is 1. The van der Waals surface area contributed by atoms with Gasteiger partial charge in [-0.05, 0) is 38.7 Å². The molecule has 26 heavy (non-hydrogen) atoms. The van der Waals surface area contributed by atoms with Gasteiger partial charge in [0.1, 0.15) is 11.6 Å². The molecule has 0 unspecified atom stereocenters. The van der Waals surface area contributed by atoms with Gasteiger partial charge in [0, 0.05) is 49.8 Å². The molecule has 2 fully saturated rings. The molecule has 2 aliphatic heterocycles. The maximum atomic E-state index is 12.6. The third-order valence-electron chi connectivity index (χ3n) is 5.32. The highest BCUT2D eigenvalue weighted by molar-refractivity contribution is 5.89. The van der Waals surface area contributed by atoms with Crippen molar-refractivity contribution in [2.24, 2.45) is 5.92 Å². The molecular formula is C19H25N5O2. The molecule has 7 nitrogen and oxygen atoms in total. The van der Waals surface area contributed by atoms with Crippen LogP contribution in [0.4, 0.5) is 5.82 Å². The number of pyridine rings is 1. The maximum absolute atomic E-state index is 12.6. The molecule has 2 aliphatic rings. The molecule has 2 aromatic heterocycles. The lowest BCUT2D eigenvalue weighted by Crippen LogP contribution is -2.45. The summed E-state index contributed by atoms with van der Waals surface area (Å²) >= 11 is 0. The minimum absolute atomic E-state index is 0.0879. The largest absolute Gasteiger partial charge is 0.381 e. The van der Waals surface area contributed by atoms with Gasteiger partial charge in [-0.15, -0.1) is 0 Å². The summed E-state index contributed by atoms with van der Waals surface area (Å²) in [5, 5.41) is 4.23. The number of hydrogen-bond acceptors (Lipinski definition) is 6. The van der Waals surface area contributed by atoms with Crippen molar-refractivity contribution in [1.82, 2.24) is 20.3 Å². The van der Waals surface area contributed by atoms with Crippen LogP contribution in [0, 0.1) is 12.8 Å². The first-order chi connectivity index (χ1) is 12.7. The van der Waals surface area contributed by atoms with E-state index in [-0.39, 0.29) is 17.9 Å². The molecule has 2 saturated heterocycles. The van der Waals surface area contributed by atoms with Gasteiger partial charge in [-0.25, -0.2) is 9.97 Å². The lowest BCUT2D eigenvalue weighted by molar-refractivity contribution is -0.126. The number of aromatic nitrogens is 3. The minimum Gasteiger partial charge on any atom is -0.381 e. The van der Waals surface area contributed by atoms with Crippen molar-refractivity contribution in [1.29, 1.82) is 0 Å². The number of ether oxygens (including phenoxy) is 1. The summed E-state index contributed by atoms with van der Waals surface area (Å²) in [6, 6.07) is 2.24. The molecule has 4 heterocycles. The van der Waals surface area contributed by atoms with Crippen LogP contribution >= 0.6 is 0 Å². The van der Waals surface area contributed by atoms with Crippen molar-refractivity contribution in [3.05, 3.63) is 24.3 Å². The molecule has 0 spiro atoms. The number of rotatable bonds is 3. The second-order valence-corrected chi connectivity index (χ2v) is 7.14. The fraction of sp³-hybridized carbons (Fsp3) is 0.579. The van der Waals surface area contributed by atoms with Gasteiger partial charge in [-0.3, -0.25) is 9.78 Å². The van der Waals surface area contributed by atoms with Crippen molar-refractivity contribution >= 4 is 22.6 Å². The van der Waals surface area contributed by atoms with Crippen LogP contribution in [0.3, 0.4) is 0 Å². The lowest BCUT2D eigenvalue weighted by atomic mass is 9.95. The zero-order chi connectivity index (χ0) is 17.9. The Labute approximate surface area is 153 Å². The molecule has 0 saturated carbocycles. The van der Waals surface area contributed by atoms with Gasteiger partial charge < -0.3 is 15.0 Å². The molecule has 0 aliphatic carbocycles. The highest BCUT2D eigenvalue weighted by atomic mass is 16.5. The van der Waals surface area contributed by atoms with E-state index in [9.17, 15) is 4.79 Å². The van der Waals surface area contributed by atoms with Crippen molar-refractivity contribution in [2.75, 3.05) is 31.2 Å². The summed E-state index contributed by atoms with van der Waals surface area (Å²) in [7, 11) is 0. The number of carbonyl (C=O) groups is 1. The Morgan fingerprint density at radius 2 is 1.96 bits per heavy atom. The second kappa shape index (κ2) is 7.53. The number of amides is 1. The van der Waals surface area contributed by atoms with E-state index in [1.165, 1.54) is 0 Å². The zero-order valence-corrected chi connectivity index (χ0v) is 15.1. The molecule has 138 valence electrons. The van der Waals surface area contributed by atoms with Crippen LogP contribution in [0.5, 0.6) is 0 Å². The van der Waals surface area contributed by atoms with Crippen LogP contribution in [0.1, 0.15) is 31.5 Å². The summed E-state index contributed by atoms with van der Waals surface area (Å²) in [4.78, 5) is 28.1. The quantitative estimate of drug-likeness (QED) is 0.905. The van der Waals surface area contributed by atoms with Crippen molar-refractivity contribution < 1.29 is 9.53 Å². The third kappa shape index (κ3) is 3.62. The van der Waals surface area contributed by atoms with Crippen LogP contribution in [-0.4, -0.2) is 53.2 Å². The van der Waals surface area contributed by atoms with E-state index in [1.54, 1.807) is 12.4 Å². The molecule has 7 heteroatoms. The third-order valence-corrected chi connectivity index (χ3v) is 5.32. The van der Waals surface area contributed by atoms with E-state index in [1.807, 2.05) is 13.0 Å². The summed E-state index contributed by atoms with van der Waals surface area (Å²) in [6.07, 6.45) is 7.10. The number of fused-ring (bicyclic) bond motifs is 1. The topological polar surface area (TPSA) is 80.2 Å². The summed E-state index contributed by atoms with van der Waals surface area (Å²) in [5.74, 6) is 1.99. The number of aryl methyl sites for hydroxylation is 1. The average Bonchev–Trinajstić information content (AvgIpc) is 2.68. The number of carbonyl (C=O) groups excluding carboxylic acids is 1. The Hall–Kier alpha value is -2.28. The minimum atomic E-state index is 0.0879. The Balaban J connectivity index is 1.41. The van der Waals surface area contributed by atoms with E-state index in [0.717, 1.165) is 74.5 Å². The van der Waals surface area contributed by atoms with Gasteiger partial charge in [0.05, 0.1) is 11.7 Å². The zero-order valence-electron chi connectivity index (χ0n) is 15.1. The van der Waals surface area contributed by atoms with Crippen LogP contribution in [0.2, 0.25) is 0 Å². The molecule has 0 aromatic carbocycles. The summed E-state index contributed by atoms with van der Waals surface area (Å²) < 4.78 is 5.36. The highest BCUT2D eigenvalue weighted by Gasteiger charge is 2.28. The fourth-order valence-electron chi connectivity index (χ4n) is 3.83. The van der Waals surface area contributed by atoms with Crippen LogP contribution in [0.25, 0.3) is 10.9 Å². The molecule has 1 N–H and O–H groups in total. The van der Waals surface area contributed by atoms with Gasteiger partial charge in [0.25, 0.3) is 0 Å². The number of hydrogen-bond donors (Lipinski definition) is 1. The molecule has 0 radical (unpaired) electrons. The Morgan fingerprint density at radius 1 is 1.19 bits per heavy atom. The van der Waals surface area contributed by atoms with E-state index in [0.29, 0.717) is 0 Å². The van der Waals surface area contributed by atoms with Crippen molar-refractivity contribution in [3.63, 3.8) is 0 Å². The predicted octanol–water partition coefficient (Wildman–Crippen LogP) is 1.84. The molecule has 4 rings (SSSR count). The smallest absolute Gasteiger partial charge is 0.223 e. The second-order valence-electron chi connectivity index (χ2n) is 7.14. The number of nitrogens with one attached hydrogen (secondary N) is 1. The number of nitrogens with zero attached hydrogens (tertiary/aromatic N) is 4. The standard InChI is InChI=1S/C19H25N5O2/c1-13-21-17-12-20-7-2-16(17)18(22-13)24-8-3-14(4-9-24)19(25)23-15-5-10-26-11-6-15/h2,7,12,14-15H,3-6,8-11H2,1H3,(H,23,25). The maximum Gasteiger partial charge on any atom is 0.223 e. The predicted molar refractivity (Wildman–Crippen MR) is 99.0 cm³/mol. The van der Waals surface area contributed by atoms with Crippen LogP contribution < -0.4 is 10.2 Å². The molecular weight excluding hydrogens is 330 g/mol. The normalized spacial score (nSPS) is 19.7. The van der Waals surface area contributed by atoms with E-state index >= 15 is 0 Å². The Morgan fingerprint density at radius 3 is 2.73 bits per heavy atom. The average molecular weight is 355 g/mol. The van der Waals surface area contributed by atoms with E-state index < -0.39 is 0 Å². The van der Waals surface area contributed by atoms with E-state index in [2.05, 4.69) is 25.2 Å². The SMILES string of the molecule is Cc1nc(N2CCC(C(=O)NC3CCOCC3)CC2)c2ccncc2n1. The molecule has 1 amide bonds. The van der Waals surface area contributed by atoms with E-state index in [4.69, 9.17) is 4.74 Å². The van der Waals surface area contributed by atoms with Crippen molar-refractivity contribution in [2.45, 2.75) is 38.6 Å². The van der Waals surface area contributed by atoms with Gasteiger partial charge in [-0.1, -0.05) is 0 Å². The first-order valence-electron chi connectivity index (χ1n) is 9.42. The fourth-order valence-corrected chi connectivity index (χ4v) is 3.83. The molecule has 2 aromatic rings. The molecule has 0 bridgehead atoms. The Bertz CT molecular complexity index is 783. The molecule has 0 atom stereocenters. The van der Waals surface area contributed by atoms with Crippen molar-refractivity contribution in [3.8, 4) is 0 Å². The first-order valence-corrected chi connectivity index (χ1v) is 9.42. The van der Waals surface area contributed by atoms with Crippen LogP contribution in [0.15, 0.2) is 18.5 Å². The summed E-state index contributed by atoms with van der Waals surface area (Å²) in [6.45, 7) is 5.07. The Kier molecular flexibility index (Phi) is 4.97. The highest BCUT2D eigenvalue weighted by Crippen LogP contribution is 2.28. The lowest BCUT2D eigenvalue weighted by Gasteiger charge is -2.34. The van der Waals surface area contributed by atoms with Gasteiger partial charge >= 0.3 is 0 Å². The van der Waals surface area contributed by atoms with Gasteiger partial charge in [0.2, 0.25) is 5.91 Å². The monoisotopic (exact) mass is 355 g/mol. The van der Waals surface area contributed by atoms with Crippen LogP contribution in [-0.2, 0) is 9.53 Å². The van der Waals surface area contributed by atoms with Gasteiger partial charge in [-0.2, -0.15) is 0 Å².